The van der Waals surface area contributed by atoms with Crippen molar-refractivity contribution >= 4 is 33.3 Å². The van der Waals surface area contributed by atoms with Gasteiger partial charge in [-0.1, -0.05) is 18.2 Å². The summed E-state index contributed by atoms with van der Waals surface area (Å²) < 4.78 is 44.2. The van der Waals surface area contributed by atoms with E-state index in [9.17, 15) is 18.0 Å². The quantitative estimate of drug-likeness (QED) is 0.518. The average Bonchev–Trinajstić information content (AvgIpc) is 3.15. The van der Waals surface area contributed by atoms with E-state index >= 15 is 0 Å². The minimum Gasteiger partial charge on any atom is -0.486 e. The molecular weight excluding hydrogens is 460 g/mol. The van der Waals surface area contributed by atoms with Crippen LogP contribution >= 0.6 is 0 Å². The summed E-state index contributed by atoms with van der Waals surface area (Å²) in [6.07, 6.45) is -0.665. The van der Waals surface area contributed by atoms with Crippen LogP contribution in [0.3, 0.4) is 0 Å². The van der Waals surface area contributed by atoms with E-state index in [1.807, 2.05) is 0 Å². The topological polar surface area (TPSA) is 120 Å². The number of benzene rings is 3. The molecule has 1 atom stereocenters. The number of ether oxygens (including phenoxy) is 3. The first-order valence-electron chi connectivity index (χ1n) is 10.5. The van der Waals surface area contributed by atoms with Crippen molar-refractivity contribution in [1.29, 1.82) is 0 Å². The van der Waals surface area contributed by atoms with Crippen LogP contribution in [-0.4, -0.2) is 33.5 Å². The molecular formula is C24H20N2O7S. The number of hydrogen-bond acceptors (Lipinski definition) is 7. The number of sulfonamides is 1. The third kappa shape index (κ3) is 4.40. The molecule has 0 fully saturated rings. The Morgan fingerprint density at radius 2 is 1.62 bits per heavy atom. The van der Waals surface area contributed by atoms with E-state index in [0.29, 0.717) is 47.2 Å². The molecule has 1 amide bonds. The number of carbonyl (C=O) groups is 2. The zero-order valence-corrected chi connectivity index (χ0v) is 18.6. The highest BCUT2D eigenvalue weighted by Gasteiger charge is 2.32. The summed E-state index contributed by atoms with van der Waals surface area (Å²) in [5.74, 6) is 0.103. The number of cyclic esters (lactones) is 1. The third-order valence-corrected chi connectivity index (χ3v) is 6.77. The molecule has 0 saturated heterocycles. The van der Waals surface area contributed by atoms with E-state index in [4.69, 9.17) is 14.2 Å². The monoisotopic (exact) mass is 480 g/mol. The van der Waals surface area contributed by atoms with Gasteiger partial charge in [0.05, 0.1) is 16.9 Å². The molecule has 34 heavy (non-hydrogen) atoms. The molecule has 174 valence electrons. The second-order valence-corrected chi connectivity index (χ2v) is 9.40. The summed E-state index contributed by atoms with van der Waals surface area (Å²) in [7, 11) is -3.85. The second kappa shape index (κ2) is 8.71. The standard InChI is InChI=1S/C24H20N2O7S/c27-23(14-21-18-3-1-2-4-19(18)24(28)33-21)25-15-5-7-16(8-6-15)26-34(29,30)17-9-10-20-22(13-17)32-12-11-31-20/h1-10,13,21,26H,11-12,14H2,(H,25,27). The van der Waals surface area contributed by atoms with E-state index < -0.39 is 22.1 Å². The van der Waals surface area contributed by atoms with Crippen LogP contribution in [0, 0.1) is 0 Å². The summed E-state index contributed by atoms with van der Waals surface area (Å²) in [6, 6.07) is 17.6. The van der Waals surface area contributed by atoms with E-state index in [0.717, 1.165) is 0 Å². The molecule has 1 unspecified atom stereocenters. The van der Waals surface area contributed by atoms with Gasteiger partial charge in [-0.15, -0.1) is 0 Å². The van der Waals surface area contributed by atoms with Gasteiger partial charge in [0.15, 0.2) is 11.5 Å². The maximum Gasteiger partial charge on any atom is 0.339 e. The van der Waals surface area contributed by atoms with Crippen LogP contribution in [0.15, 0.2) is 71.6 Å². The number of rotatable bonds is 6. The number of amides is 1. The molecule has 2 aliphatic heterocycles. The molecule has 3 aromatic carbocycles. The van der Waals surface area contributed by atoms with Gasteiger partial charge >= 0.3 is 5.97 Å². The van der Waals surface area contributed by atoms with Crippen LogP contribution in [0.4, 0.5) is 11.4 Å². The molecule has 0 bridgehead atoms. The first-order valence-corrected chi connectivity index (χ1v) is 12.0. The molecule has 3 aromatic rings. The minimum absolute atomic E-state index is 0.0265. The first-order chi connectivity index (χ1) is 16.4. The van der Waals surface area contributed by atoms with Crippen molar-refractivity contribution in [3.05, 3.63) is 77.9 Å². The maximum absolute atomic E-state index is 12.8. The third-order valence-electron chi connectivity index (χ3n) is 5.39. The Morgan fingerprint density at radius 1 is 0.912 bits per heavy atom. The normalized spacial score (nSPS) is 16.4. The Morgan fingerprint density at radius 3 is 2.41 bits per heavy atom. The Labute approximate surface area is 195 Å². The van der Waals surface area contributed by atoms with Gasteiger partial charge in [-0.05, 0) is 42.5 Å². The number of fused-ring (bicyclic) bond motifs is 2. The lowest BCUT2D eigenvalue weighted by Crippen LogP contribution is -2.17. The van der Waals surface area contributed by atoms with Crippen molar-refractivity contribution < 1.29 is 32.2 Å². The number of esters is 1. The summed E-state index contributed by atoms with van der Waals surface area (Å²) >= 11 is 0. The summed E-state index contributed by atoms with van der Waals surface area (Å²) in [4.78, 5) is 24.4. The lowest BCUT2D eigenvalue weighted by molar-refractivity contribution is -0.118. The number of carbonyl (C=O) groups excluding carboxylic acids is 2. The maximum atomic E-state index is 12.8. The van der Waals surface area contributed by atoms with Crippen molar-refractivity contribution in [1.82, 2.24) is 0 Å². The van der Waals surface area contributed by atoms with Gasteiger partial charge < -0.3 is 19.5 Å². The van der Waals surface area contributed by atoms with E-state index in [2.05, 4.69) is 10.0 Å². The zero-order chi connectivity index (χ0) is 23.7. The van der Waals surface area contributed by atoms with Crippen LogP contribution < -0.4 is 19.5 Å². The smallest absolute Gasteiger partial charge is 0.339 e. The largest absolute Gasteiger partial charge is 0.486 e. The Hall–Kier alpha value is -4.05. The van der Waals surface area contributed by atoms with Crippen LogP contribution in [-0.2, 0) is 19.6 Å². The van der Waals surface area contributed by atoms with Crippen LogP contribution in [0.2, 0.25) is 0 Å². The second-order valence-electron chi connectivity index (χ2n) is 7.72. The van der Waals surface area contributed by atoms with E-state index in [-0.39, 0.29) is 17.2 Å². The van der Waals surface area contributed by atoms with Crippen LogP contribution in [0.5, 0.6) is 11.5 Å². The number of anilines is 2. The fourth-order valence-corrected chi connectivity index (χ4v) is 4.85. The lowest BCUT2D eigenvalue weighted by Gasteiger charge is -2.19. The molecule has 9 nitrogen and oxygen atoms in total. The van der Waals surface area contributed by atoms with Crippen molar-refractivity contribution in [2.24, 2.45) is 0 Å². The molecule has 5 rings (SSSR count). The first kappa shape index (κ1) is 21.8. The Kier molecular flexibility index (Phi) is 5.58. The van der Waals surface area contributed by atoms with E-state index in [1.54, 1.807) is 42.5 Å². The van der Waals surface area contributed by atoms with Crippen LogP contribution in [0.1, 0.15) is 28.4 Å². The molecule has 0 radical (unpaired) electrons. The summed E-state index contributed by atoms with van der Waals surface area (Å²) in [5.41, 5.74) is 1.96. The molecule has 2 heterocycles. The van der Waals surface area contributed by atoms with Crippen molar-refractivity contribution in [3.8, 4) is 11.5 Å². The Balaban J connectivity index is 1.22. The van der Waals surface area contributed by atoms with Gasteiger partial charge in [0.2, 0.25) is 5.91 Å². The highest BCUT2D eigenvalue weighted by molar-refractivity contribution is 7.92. The highest BCUT2D eigenvalue weighted by atomic mass is 32.2. The van der Waals surface area contributed by atoms with Crippen molar-refractivity contribution in [2.45, 2.75) is 17.4 Å². The number of nitrogens with one attached hydrogen (secondary N) is 2. The molecule has 0 spiro atoms. The van der Waals surface area contributed by atoms with Gasteiger partial charge in [-0.2, -0.15) is 0 Å². The molecule has 2 N–H and O–H groups in total. The molecule has 2 aliphatic rings. The SMILES string of the molecule is O=C(CC1OC(=O)c2ccccc21)Nc1ccc(NS(=O)(=O)c2ccc3c(c2)OCCO3)cc1. The fraction of sp³-hybridized carbons (Fsp3) is 0.167. The summed E-state index contributed by atoms with van der Waals surface area (Å²) in [5, 5.41) is 2.73. The molecule has 10 heteroatoms. The van der Waals surface area contributed by atoms with Crippen LogP contribution in [0.25, 0.3) is 0 Å². The predicted molar refractivity (Wildman–Crippen MR) is 123 cm³/mol. The van der Waals surface area contributed by atoms with Gasteiger partial charge in [-0.3, -0.25) is 9.52 Å². The minimum atomic E-state index is -3.85. The predicted octanol–water partition coefficient (Wildman–Crippen LogP) is 3.50. The van der Waals surface area contributed by atoms with Gasteiger partial charge in [0, 0.05) is 23.0 Å². The summed E-state index contributed by atoms with van der Waals surface area (Å²) in [6.45, 7) is 0.770. The Bertz CT molecular complexity index is 1370. The van der Waals surface area contributed by atoms with Gasteiger partial charge in [0.1, 0.15) is 19.3 Å². The highest BCUT2D eigenvalue weighted by Crippen LogP contribution is 2.34. The molecule has 0 saturated carbocycles. The lowest BCUT2D eigenvalue weighted by atomic mass is 10.0. The zero-order valence-electron chi connectivity index (χ0n) is 17.8. The van der Waals surface area contributed by atoms with Crippen molar-refractivity contribution in [2.75, 3.05) is 23.3 Å². The average molecular weight is 480 g/mol. The molecule has 0 aliphatic carbocycles. The van der Waals surface area contributed by atoms with Crippen molar-refractivity contribution in [3.63, 3.8) is 0 Å². The van der Waals surface area contributed by atoms with Gasteiger partial charge in [0.25, 0.3) is 10.0 Å². The fourth-order valence-electron chi connectivity index (χ4n) is 3.78. The van der Waals surface area contributed by atoms with E-state index in [1.165, 1.54) is 24.3 Å². The number of hydrogen-bond donors (Lipinski definition) is 2. The van der Waals surface area contributed by atoms with Gasteiger partial charge in [-0.25, -0.2) is 13.2 Å². The molecule has 0 aromatic heterocycles.